The second kappa shape index (κ2) is 8.01. The van der Waals surface area contributed by atoms with Crippen molar-refractivity contribution in [3.8, 4) is 0 Å². The first-order valence-corrected chi connectivity index (χ1v) is 9.26. The van der Waals surface area contributed by atoms with Crippen molar-refractivity contribution in [3.63, 3.8) is 0 Å². The molecule has 0 spiro atoms. The highest BCUT2D eigenvalue weighted by Crippen LogP contribution is 2.32. The van der Waals surface area contributed by atoms with Gasteiger partial charge in [-0.15, -0.1) is 0 Å². The van der Waals surface area contributed by atoms with E-state index in [1.165, 1.54) is 10.5 Å². The molecule has 25 heavy (non-hydrogen) atoms. The summed E-state index contributed by atoms with van der Waals surface area (Å²) < 4.78 is 0. The lowest BCUT2D eigenvalue weighted by molar-refractivity contribution is -0.122. The molecular weight excluding hydrogens is 354 g/mol. The molecule has 2 rings (SSSR count). The van der Waals surface area contributed by atoms with E-state index < -0.39 is 0 Å². The van der Waals surface area contributed by atoms with Gasteiger partial charge in [0.1, 0.15) is 0 Å². The zero-order valence-electron chi connectivity index (χ0n) is 14.9. The van der Waals surface area contributed by atoms with Gasteiger partial charge in [-0.3, -0.25) is 14.5 Å². The molecule has 5 nitrogen and oxygen atoms in total. The Labute approximate surface area is 158 Å². The van der Waals surface area contributed by atoms with Gasteiger partial charge >= 0.3 is 0 Å². The topological polar surface area (TPSA) is 61.4 Å². The number of hydrogen-bond donors (Lipinski definition) is 2. The number of hydrogen-bond acceptors (Lipinski definition) is 4. The van der Waals surface area contributed by atoms with Crippen molar-refractivity contribution in [2.24, 2.45) is 0 Å². The van der Waals surface area contributed by atoms with E-state index in [2.05, 4.69) is 43.5 Å². The Morgan fingerprint density at radius 1 is 1.24 bits per heavy atom. The normalized spacial score (nSPS) is 16.5. The maximum atomic E-state index is 12.4. The number of thioether (sulfide) groups is 1. The fraction of sp³-hybridized carbons (Fsp3) is 0.389. The van der Waals surface area contributed by atoms with Crippen molar-refractivity contribution in [2.75, 3.05) is 20.1 Å². The van der Waals surface area contributed by atoms with Gasteiger partial charge in [-0.1, -0.05) is 45.0 Å². The van der Waals surface area contributed by atoms with Crippen LogP contribution < -0.4 is 10.6 Å². The minimum Gasteiger partial charge on any atom is -0.366 e. The average Bonchev–Trinajstić information content (AvgIpc) is 2.81. The smallest absolute Gasteiger partial charge is 0.293 e. The van der Waals surface area contributed by atoms with Gasteiger partial charge in [0, 0.05) is 20.1 Å². The van der Waals surface area contributed by atoms with Crippen molar-refractivity contribution in [1.82, 2.24) is 15.5 Å². The maximum Gasteiger partial charge on any atom is 0.293 e. The van der Waals surface area contributed by atoms with E-state index in [-0.39, 0.29) is 23.1 Å². The highest BCUT2D eigenvalue weighted by Gasteiger charge is 2.34. The summed E-state index contributed by atoms with van der Waals surface area (Å²) >= 11 is 5.95. The number of benzene rings is 1. The number of nitrogens with one attached hydrogen (secondary N) is 2. The molecule has 0 radical (unpaired) electrons. The summed E-state index contributed by atoms with van der Waals surface area (Å²) in [6.07, 6.45) is 1.77. The van der Waals surface area contributed by atoms with E-state index in [1.54, 1.807) is 13.1 Å². The summed E-state index contributed by atoms with van der Waals surface area (Å²) in [6, 6.07) is 8.06. The molecule has 134 valence electrons. The van der Waals surface area contributed by atoms with Gasteiger partial charge in [-0.25, -0.2) is 0 Å². The average molecular weight is 378 g/mol. The molecule has 0 saturated carbocycles. The molecule has 1 aromatic carbocycles. The minimum atomic E-state index is -0.257. The van der Waals surface area contributed by atoms with Gasteiger partial charge in [-0.2, -0.15) is 0 Å². The van der Waals surface area contributed by atoms with Crippen LogP contribution in [0.5, 0.6) is 0 Å². The maximum absolute atomic E-state index is 12.4. The summed E-state index contributed by atoms with van der Waals surface area (Å²) in [5, 5.41) is 5.95. The summed E-state index contributed by atoms with van der Waals surface area (Å²) in [6.45, 7) is 7.17. The number of thiocarbonyl (C=S) groups is 1. The summed E-state index contributed by atoms with van der Waals surface area (Å²) in [7, 11) is 1.71. The minimum absolute atomic E-state index is 0.0806. The first-order valence-electron chi connectivity index (χ1n) is 8.04. The molecule has 0 atom stereocenters. The van der Waals surface area contributed by atoms with Crippen LogP contribution in [0.1, 0.15) is 31.9 Å². The van der Waals surface area contributed by atoms with E-state index in [9.17, 15) is 9.59 Å². The molecule has 1 saturated heterocycles. The molecule has 1 aliphatic heterocycles. The van der Waals surface area contributed by atoms with Crippen LogP contribution in [0.4, 0.5) is 4.79 Å². The zero-order chi connectivity index (χ0) is 18.6. The monoisotopic (exact) mass is 377 g/mol. The third-order valence-electron chi connectivity index (χ3n) is 3.80. The van der Waals surface area contributed by atoms with Crippen molar-refractivity contribution in [2.45, 2.75) is 26.2 Å². The fourth-order valence-corrected chi connectivity index (χ4v) is 3.26. The fourth-order valence-electron chi connectivity index (χ4n) is 2.29. The van der Waals surface area contributed by atoms with Crippen molar-refractivity contribution in [3.05, 3.63) is 40.3 Å². The Morgan fingerprint density at radius 2 is 1.88 bits per heavy atom. The van der Waals surface area contributed by atoms with Gasteiger partial charge in [-0.05, 0) is 46.6 Å². The Morgan fingerprint density at radius 3 is 2.44 bits per heavy atom. The Bertz CT molecular complexity index is 706. The quantitative estimate of drug-likeness (QED) is 0.621. The van der Waals surface area contributed by atoms with E-state index >= 15 is 0 Å². The van der Waals surface area contributed by atoms with Crippen LogP contribution in [0.2, 0.25) is 0 Å². The van der Waals surface area contributed by atoms with Gasteiger partial charge in [0.15, 0.2) is 5.11 Å². The molecule has 1 aromatic rings. The summed E-state index contributed by atoms with van der Waals surface area (Å²) in [4.78, 5) is 26.2. The molecule has 7 heteroatoms. The van der Waals surface area contributed by atoms with Gasteiger partial charge in [0.2, 0.25) is 0 Å². The standard InChI is InChI=1S/C18H23N3O2S2/c1-18(2,3)13-7-5-12(6-8-13)11-14-15(22)21(17(23)25-14)10-9-20-16(24)19-4/h5-8,11H,9-10H2,1-4H3,(H2,19,20,24)/b14-11-. The van der Waals surface area contributed by atoms with Gasteiger partial charge < -0.3 is 10.6 Å². The number of carbonyl (C=O) groups excluding carboxylic acids is 2. The van der Waals surface area contributed by atoms with E-state index in [0.29, 0.717) is 16.6 Å². The predicted octanol–water partition coefficient (Wildman–Crippen LogP) is 3.11. The SMILES string of the molecule is CNC(=S)NCCN1C(=O)S/C(=C\c2ccc(C(C)(C)C)cc2)C1=O. The van der Waals surface area contributed by atoms with E-state index in [0.717, 1.165) is 17.3 Å². The molecule has 1 aliphatic rings. The Hall–Kier alpha value is -1.86. The molecule has 2 amide bonds. The predicted molar refractivity (Wildman–Crippen MR) is 107 cm³/mol. The molecule has 0 aromatic heterocycles. The first-order chi connectivity index (χ1) is 11.7. The lowest BCUT2D eigenvalue weighted by Crippen LogP contribution is -2.40. The lowest BCUT2D eigenvalue weighted by atomic mass is 9.87. The second-order valence-corrected chi connectivity index (χ2v) is 8.11. The molecule has 0 bridgehead atoms. The highest BCUT2D eigenvalue weighted by molar-refractivity contribution is 8.18. The van der Waals surface area contributed by atoms with Crippen molar-refractivity contribution < 1.29 is 9.59 Å². The molecule has 1 fully saturated rings. The number of carbonyl (C=O) groups is 2. The largest absolute Gasteiger partial charge is 0.366 e. The molecule has 1 heterocycles. The first kappa shape index (κ1) is 19.5. The van der Waals surface area contributed by atoms with Crippen molar-refractivity contribution >= 4 is 46.3 Å². The van der Waals surface area contributed by atoms with Crippen LogP contribution in [0.3, 0.4) is 0 Å². The van der Waals surface area contributed by atoms with Gasteiger partial charge in [0.05, 0.1) is 4.91 Å². The number of amides is 2. The van der Waals surface area contributed by atoms with Crippen LogP contribution >= 0.6 is 24.0 Å². The molecular formula is C18H23N3O2S2. The molecule has 0 aliphatic carbocycles. The Kier molecular flexibility index (Phi) is 6.24. The summed E-state index contributed by atoms with van der Waals surface area (Å²) in [5.41, 5.74) is 2.22. The van der Waals surface area contributed by atoms with Crippen molar-refractivity contribution in [1.29, 1.82) is 0 Å². The van der Waals surface area contributed by atoms with Crippen LogP contribution in [0, 0.1) is 0 Å². The van der Waals surface area contributed by atoms with E-state index in [4.69, 9.17) is 12.2 Å². The summed E-state index contributed by atoms with van der Waals surface area (Å²) in [5.74, 6) is -0.257. The highest BCUT2D eigenvalue weighted by atomic mass is 32.2. The number of nitrogens with zero attached hydrogens (tertiary/aromatic N) is 1. The number of imide groups is 1. The van der Waals surface area contributed by atoms with Crippen LogP contribution in [-0.4, -0.2) is 41.3 Å². The molecule has 2 N–H and O–H groups in total. The molecule has 0 unspecified atom stereocenters. The van der Waals surface area contributed by atoms with Crippen LogP contribution in [-0.2, 0) is 10.2 Å². The van der Waals surface area contributed by atoms with Gasteiger partial charge in [0.25, 0.3) is 11.1 Å². The lowest BCUT2D eigenvalue weighted by Gasteiger charge is -2.18. The number of rotatable bonds is 4. The Balaban J connectivity index is 2.05. The zero-order valence-corrected chi connectivity index (χ0v) is 16.5. The van der Waals surface area contributed by atoms with Crippen LogP contribution in [0.15, 0.2) is 29.2 Å². The third kappa shape index (κ3) is 5.06. The van der Waals surface area contributed by atoms with Crippen LogP contribution in [0.25, 0.3) is 6.08 Å². The van der Waals surface area contributed by atoms with E-state index in [1.807, 2.05) is 12.1 Å². The third-order valence-corrected chi connectivity index (χ3v) is 5.05. The second-order valence-electron chi connectivity index (χ2n) is 6.71.